The van der Waals surface area contributed by atoms with Crippen molar-refractivity contribution in [2.45, 2.75) is 0 Å². The maximum atomic E-state index is 11.3. The summed E-state index contributed by atoms with van der Waals surface area (Å²) in [6.45, 7) is 0. The Bertz CT molecular complexity index is 614. The van der Waals surface area contributed by atoms with Gasteiger partial charge in [-0.3, -0.25) is 4.98 Å². The van der Waals surface area contributed by atoms with Crippen molar-refractivity contribution < 1.29 is 4.42 Å². The van der Waals surface area contributed by atoms with Crippen molar-refractivity contribution in [1.29, 1.82) is 0 Å². The molecule has 1 N–H and O–H groups in total. The van der Waals surface area contributed by atoms with E-state index >= 15 is 0 Å². The first-order chi connectivity index (χ1) is 6.58. The van der Waals surface area contributed by atoms with Gasteiger partial charge in [0, 0.05) is 7.14 Å². The molecule has 2 rings (SSSR count). The standard InChI is InChI=1S/C8H3I2NO3/c9-3-1-4-6(5(10)2-3)11-8(13)14-7(4)12/h1-2H,(H,11,13). The van der Waals surface area contributed by atoms with E-state index in [4.69, 9.17) is 0 Å². The minimum Gasteiger partial charge on any atom is -0.372 e. The average molecular weight is 415 g/mol. The van der Waals surface area contributed by atoms with Gasteiger partial charge in [-0.1, -0.05) is 0 Å². The monoisotopic (exact) mass is 415 g/mol. The lowest BCUT2D eigenvalue weighted by Crippen LogP contribution is -2.15. The van der Waals surface area contributed by atoms with Crippen LogP contribution in [0.15, 0.2) is 26.1 Å². The molecule has 0 saturated heterocycles. The molecule has 6 heteroatoms. The second-order valence-electron chi connectivity index (χ2n) is 2.61. The maximum Gasteiger partial charge on any atom is 0.419 e. The smallest absolute Gasteiger partial charge is 0.372 e. The molecule has 0 radical (unpaired) electrons. The zero-order chi connectivity index (χ0) is 10.3. The van der Waals surface area contributed by atoms with Gasteiger partial charge in [0.25, 0.3) is 0 Å². The van der Waals surface area contributed by atoms with Crippen LogP contribution in [0, 0.1) is 7.14 Å². The topological polar surface area (TPSA) is 63.1 Å². The summed E-state index contributed by atoms with van der Waals surface area (Å²) in [6, 6.07) is 3.55. The van der Waals surface area contributed by atoms with Crippen LogP contribution in [0.5, 0.6) is 0 Å². The molecule has 0 fully saturated rings. The number of rotatable bonds is 0. The van der Waals surface area contributed by atoms with E-state index in [1.807, 2.05) is 6.07 Å². The number of halogens is 2. The molecule has 0 unspecified atom stereocenters. The SMILES string of the molecule is O=c1[nH]c2c(I)cc(I)cc2c(=O)o1. The van der Waals surface area contributed by atoms with Crippen molar-refractivity contribution in [3.05, 3.63) is 40.2 Å². The van der Waals surface area contributed by atoms with Gasteiger partial charge in [0.1, 0.15) is 0 Å². The Morgan fingerprint density at radius 2 is 1.93 bits per heavy atom. The third kappa shape index (κ3) is 1.72. The van der Waals surface area contributed by atoms with E-state index < -0.39 is 11.4 Å². The van der Waals surface area contributed by atoms with E-state index in [1.54, 1.807) is 6.07 Å². The second-order valence-corrected chi connectivity index (χ2v) is 5.02. The molecule has 0 aliphatic heterocycles. The van der Waals surface area contributed by atoms with Gasteiger partial charge in [0.05, 0.1) is 10.9 Å². The van der Waals surface area contributed by atoms with Crippen LogP contribution in [0.4, 0.5) is 0 Å². The first-order valence-corrected chi connectivity index (χ1v) is 5.76. The van der Waals surface area contributed by atoms with Crippen LogP contribution in [0.1, 0.15) is 0 Å². The predicted molar refractivity (Wildman–Crippen MR) is 68.5 cm³/mol. The quantitative estimate of drug-likeness (QED) is 0.667. The molecule has 14 heavy (non-hydrogen) atoms. The number of hydrogen-bond acceptors (Lipinski definition) is 3. The first kappa shape index (κ1) is 10.1. The molecule has 1 aromatic carbocycles. The molecule has 0 aliphatic carbocycles. The summed E-state index contributed by atoms with van der Waals surface area (Å²) < 4.78 is 6.18. The van der Waals surface area contributed by atoms with Gasteiger partial charge >= 0.3 is 11.4 Å². The highest BCUT2D eigenvalue weighted by Crippen LogP contribution is 2.18. The zero-order valence-corrected chi connectivity index (χ0v) is 11.0. The molecule has 1 aromatic heterocycles. The van der Waals surface area contributed by atoms with Crippen LogP contribution in [0.25, 0.3) is 10.9 Å². The molecular weight excluding hydrogens is 412 g/mol. The predicted octanol–water partition coefficient (Wildman–Crippen LogP) is 1.69. The lowest BCUT2D eigenvalue weighted by atomic mass is 10.2. The summed E-state index contributed by atoms with van der Waals surface area (Å²) in [5, 5.41) is 0.404. The van der Waals surface area contributed by atoms with E-state index in [-0.39, 0.29) is 0 Å². The third-order valence-corrected chi connectivity index (χ3v) is 3.16. The molecule has 1 heterocycles. The van der Waals surface area contributed by atoms with E-state index in [9.17, 15) is 9.59 Å². The highest BCUT2D eigenvalue weighted by atomic mass is 127. The normalized spacial score (nSPS) is 10.7. The maximum absolute atomic E-state index is 11.3. The van der Waals surface area contributed by atoms with Gasteiger partial charge in [-0.25, -0.2) is 9.59 Å². The van der Waals surface area contributed by atoms with Crippen LogP contribution < -0.4 is 11.4 Å². The fourth-order valence-corrected chi connectivity index (χ4v) is 3.11. The number of aromatic nitrogens is 1. The van der Waals surface area contributed by atoms with Crippen LogP contribution in [0.2, 0.25) is 0 Å². The zero-order valence-electron chi connectivity index (χ0n) is 6.64. The molecule has 0 amide bonds. The van der Waals surface area contributed by atoms with Gasteiger partial charge < -0.3 is 4.42 Å². The van der Waals surface area contributed by atoms with E-state index in [0.717, 1.165) is 7.14 Å². The van der Waals surface area contributed by atoms with Gasteiger partial charge in [0.15, 0.2) is 0 Å². The molecule has 0 aliphatic rings. The highest BCUT2D eigenvalue weighted by molar-refractivity contribution is 14.1. The minimum atomic E-state index is -0.721. The summed E-state index contributed by atoms with van der Waals surface area (Å²) in [5.41, 5.74) is -0.0625. The Hall–Kier alpha value is -0.380. The largest absolute Gasteiger partial charge is 0.419 e. The van der Waals surface area contributed by atoms with Crippen molar-refractivity contribution >= 4 is 56.1 Å². The van der Waals surface area contributed by atoms with Crippen LogP contribution >= 0.6 is 45.2 Å². The Balaban J connectivity index is 3.10. The summed E-state index contributed by atoms with van der Waals surface area (Å²) >= 11 is 4.16. The molecule has 0 bridgehead atoms. The second kappa shape index (κ2) is 3.65. The number of benzene rings is 1. The van der Waals surface area contributed by atoms with Crippen molar-refractivity contribution in [2.75, 3.05) is 0 Å². The summed E-state index contributed by atoms with van der Waals surface area (Å²) in [4.78, 5) is 24.7. The molecule has 0 spiro atoms. The van der Waals surface area contributed by atoms with Crippen molar-refractivity contribution in [2.24, 2.45) is 0 Å². The molecular formula is C8H3I2NO3. The number of nitrogens with one attached hydrogen (secondary N) is 1. The van der Waals surface area contributed by atoms with Gasteiger partial charge in [0.2, 0.25) is 0 Å². The summed E-state index contributed by atoms with van der Waals surface area (Å²) in [6.07, 6.45) is 0. The minimum absolute atomic E-state index is 0.404. The van der Waals surface area contributed by atoms with Crippen LogP contribution in [-0.4, -0.2) is 4.98 Å². The molecule has 72 valence electrons. The van der Waals surface area contributed by atoms with Crippen molar-refractivity contribution in [3.63, 3.8) is 0 Å². The number of H-pyrrole nitrogens is 1. The molecule has 4 nitrogen and oxygen atoms in total. The van der Waals surface area contributed by atoms with Crippen LogP contribution in [0.3, 0.4) is 0 Å². The highest BCUT2D eigenvalue weighted by Gasteiger charge is 2.06. The van der Waals surface area contributed by atoms with Crippen LogP contribution in [-0.2, 0) is 0 Å². The molecule has 0 atom stereocenters. The lowest BCUT2D eigenvalue weighted by molar-refractivity contribution is 0.460. The lowest BCUT2D eigenvalue weighted by Gasteiger charge is -1.99. The van der Waals surface area contributed by atoms with Gasteiger partial charge in [-0.2, -0.15) is 0 Å². The first-order valence-electron chi connectivity index (χ1n) is 3.60. The van der Waals surface area contributed by atoms with Crippen molar-refractivity contribution in [1.82, 2.24) is 4.98 Å². The summed E-state index contributed by atoms with van der Waals surface area (Å²) in [7, 11) is 0. The number of hydrogen-bond donors (Lipinski definition) is 1. The Morgan fingerprint density at radius 1 is 1.21 bits per heavy atom. The Morgan fingerprint density at radius 3 is 2.64 bits per heavy atom. The van der Waals surface area contributed by atoms with E-state index in [1.165, 1.54) is 0 Å². The summed E-state index contributed by atoms with van der Waals surface area (Å²) in [5.74, 6) is -0.721. The Kier molecular flexibility index (Phi) is 2.64. The van der Waals surface area contributed by atoms with E-state index in [2.05, 4.69) is 54.6 Å². The fourth-order valence-electron chi connectivity index (χ4n) is 1.13. The number of aromatic amines is 1. The van der Waals surface area contributed by atoms with Gasteiger partial charge in [-0.15, -0.1) is 0 Å². The van der Waals surface area contributed by atoms with E-state index in [0.29, 0.717) is 10.9 Å². The number of fused-ring (bicyclic) bond motifs is 1. The Labute approximate surface area is 105 Å². The fraction of sp³-hybridized carbons (Fsp3) is 0. The van der Waals surface area contributed by atoms with Gasteiger partial charge in [-0.05, 0) is 57.3 Å². The molecule has 2 aromatic rings. The third-order valence-electron chi connectivity index (χ3n) is 1.69. The van der Waals surface area contributed by atoms with Crippen molar-refractivity contribution in [3.8, 4) is 0 Å². The average Bonchev–Trinajstić information content (AvgIpc) is 2.07. The molecule has 0 saturated carbocycles.